The molecule has 1 aliphatic rings. The van der Waals surface area contributed by atoms with Crippen LogP contribution in [0.2, 0.25) is 0 Å². The summed E-state index contributed by atoms with van der Waals surface area (Å²) < 4.78 is 6.31. The molecule has 13 aromatic rings. The lowest BCUT2D eigenvalue weighted by atomic mass is 9.67. The van der Waals surface area contributed by atoms with E-state index in [2.05, 4.69) is 278 Å². The number of benzene rings is 12. The number of rotatable bonds is 9. The molecule has 73 heavy (non-hydrogen) atoms. The molecule has 14 rings (SSSR count). The van der Waals surface area contributed by atoms with Crippen LogP contribution in [0.3, 0.4) is 0 Å². The van der Waals surface area contributed by atoms with E-state index in [1.165, 1.54) is 66.4 Å². The van der Waals surface area contributed by atoms with Crippen LogP contribution >= 0.6 is 0 Å². The lowest BCUT2D eigenvalue weighted by molar-refractivity contribution is 0.669. The molecular formula is C71H47NO. The molecule has 0 radical (unpaired) electrons. The number of hydrogen-bond donors (Lipinski definition) is 0. The van der Waals surface area contributed by atoms with Gasteiger partial charge in [0.15, 0.2) is 0 Å². The average Bonchev–Trinajstić information content (AvgIpc) is 4.05. The third-order valence-corrected chi connectivity index (χ3v) is 15.2. The van der Waals surface area contributed by atoms with Gasteiger partial charge in [0.1, 0.15) is 11.2 Å². The monoisotopic (exact) mass is 929 g/mol. The summed E-state index contributed by atoms with van der Waals surface area (Å²) in [6.45, 7) is 0. The molecule has 0 N–H and O–H groups in total. The van der Waals surface area contributed by atoms with E-state index in [4.69, 9.17) is 4.42 Å². The summed E-state index contributed by atoms with van der Waals surface area (Å²) in [7, 11) is 0. The van der Waals surface area contributed by atoms with Gasteiger partial charge >= 0.3 is 0 Å². The Balaban J connectivity index is 0.914. The van der Waals surface area contributed by atoms with Crippen molar-refractivity contribution in [2.75, 3.05) is 4.90 Å². The predicted molar refractivity (Wildman–Crippen MR) is 305 cm³/mol. The number of nitrogens with zero attached hydrogens (tertiary/aromatic N) is 1. The normalized spacial score (nSPS) is 12.5. The fourth-order valence-electron chi connectivity index (χ4n) is 11.8. The lowest BCUT2D eigenvalue weighted by Gasteiger charge is -2.34. The standard InChI is InChI=1S/C71H47NO/c1-3-20-56(21-4-1)71(57-22-5-2-6-23-57)65-29-12-9-27-63(65)70-61(28-16-30-66(70)71)54-19-15-24-59(46-54)72(67-31-13-10-25-60(67)55-41-44-69-64(47-55)62-26-11-14-32-68(62)73-69)58-42-39-50(40-43-58)49-33-35-51(36-34-49)53-38-37-48-17-7-8-18-52(48)45-53/h1-47H. The van der Waals surface area contributed by atoms with E-state index in [-0.39, 0.29) is 0 Å². The van der Waals surface area contributed by atoms with Crippen LogP contribution in [0.5, 0.6) is 0 Å². The maximum Gasteiger partial charge on any atom is 0.135 e. The van der Waals surface area contributed by atoms with Crippen LogP contribution in [0.15, 0.2) is 290 Å². The van der Waals surface area contributed by atoms with E-state index in [0.717, 1.165) is 61.3 Å². The summed E-state index contributed by atoms with van der Waals surface area (Å²) >= 11 is 0. The molecule has 12 aromatic carbocycles. The van der Waals surface area contributed by atoms with E-state index in [1.807, 2.05) is 12.1 Å². The van der Waals surface area contributed by atoms with E-state index in [1.54, 1.807) is 0 Å². The molecule has 0 bridgehead atoms. The van der Waals surface area contributed by atoms with Crippen molar-refractivity contribution < 1.29 is 4.42 Å². The fraction of sp³-hybridized carbons (Fsp3) is 0.0141. The van der Waals surface area contributed by atoms with Crippen LogP contribution in [0.4, 0.5) is 17.1 Å². The van der Waals surface area contributed by atoms with Gasteiger partial charge in [0.25, 0.3) is 0 Å². The Bertz CT molecular complexity index is 4150. The first-order valence-electron chi connectivity index (χ1n) is 25.1. The Morgan fingerprint density at radius 3 is 1.62 bits per heavy atom. The second kappa shape index (κ2) is 17.4. The number of furan rings is 1. The van der Waals surface area contributed by atoms with Gasteiger partial charge in [0, 0.05) is 27.7 Å². The molecule has 342 valence electrons. The number of para-hydroxylation sites is 2. The van der Waals surface area contributed by atoms with E-state index < -0.39 is 5.41 Å². The molecule has 0 atom stereocenters. The highest BCUT2D eigenvalue weighted by molar-refractivity contribution is 6.07. The molecule has 2 heteroatoms. The molecule has 1 aromatic heterocycles. The molecule has 0 saturated heterocycles. The van der Waals surface area contributed by atoms with Crippen LogP contribution < -0.4 is 4.90 Å². The minimum absolute atomic E-state index is 0.493. The van der Waals surface area contributed by atoms with Gasteiger partial charge in [-0.05, 0) is 138 Å². The Kier molecular flexibility index (Phi) is 10.1. The maximum atomic E-state index is 6.31. The Hall–Kier alpha value is -9.50. The first kappa shape index (κ1) is 42.4. The van der Waals surface area contributed by atoms with Gasteiger partial charge in [-0.2, -0.15) is 0 Å². The second-order valence-electron chi connectivity index (χ2n) is 19.2. The third kappa shape index (κ3) is 7.02. The molecule has 0 fully saturated rings. The lowest BCUT2D eigenvalue weighted by Crippen LogP contribution is -2.28. The van der Waals surface area contributed by atoms with Gasteiger partial charge < -0.3 is 9.32 Å². The minimum Gasteiger partial charge on any atom is -0.456 e. The summed E-state index contributed by atoms with van der Waals surface area (Å²) in [4.78, 5) is 2.43. The first-order valence-corrected chi connectivity index (χ1v) is 25.1. The van der Waals surface area contributed by atoms with E-state index in [0.29, 0.717) is 0 Å². The van der Waals surface area contributed by atoms with E-state index >= 15 is 0 Å². The largest absolute Gasteiger partial charge is 0.456 e. The first-order chi connectivity index (χ1) is 36.2. The Labute approximate surface area is 425 Å². The number of hydrogen-bond acceptors (Lipinski definition) is 2. The average molecular weight is 930 g/mol. The molecule has 1 aliphatic carbocycles. The van der Waals surface area contributed by atoms with Crippen molar-refractivity contribution in [2.45, 2.75) is 5.41 Å². The molecule has 2 nitrogen and oxygen atoms in total. The quantitative estimate of drug-likeness (QED) is 0.143. The van der Waals surface area contributed by atoms with Crippen molar-refractivity contribution in [1.29, 1.82) is 0 Å². The van der Waals surface area contributed by atoms with Gasteiger partial charge in [0.2, 0.25) is 0 Å². The molecule has 0 spiro atoms. The summed E-state index contributed by atoms with van der Waals surface area (Å²) in [5.41, 5.74) is 21.5. The van der Waals surface area contributed by atoms with Crippen molar-refractivity contribution in [2.24, 2.45) is 0 Å². The highest BCUT2D eigenvalue weighted by Gasteiger charge is 2.46. The maximum absolute atomic E-state index is 6.31. The molecule has 0 unspecified atom stereocenters. The van der Waals surface area contributed by atoms with Crippen LogP contribution in [-0.2, 0) is 5.41 Å². The topological polar surface area (TPSA) is 16.4 Å². The summed E-state index contributed by atoms with van der Waals surface area (Å²) in [6, 6.07) is 104. The smallest absolute Gasteiger partial charge is 0.135 e. The molecule has 0 amide bonds. The predicted octanol–water partition coefficient (Wildman–Crippen LogP) is 19.2. The Morgan fingerprint density at radius 1 is 0.288 bits per heavy atom. The zero-order valence-electron chi connectivity index (χ0n) is 40.0. The van der Waals surface area contributed by atoms with Gasteiger partial charge in [-0.15, -0.1) is 0 Å². The van der Waals surface area contributed by atoms with E-state index in [9.17, 15) is 0 Å². The van der Waals surface area contributed by atoms with Crippen LogP contribution in [0.25, 0.3) is 88.3 Å². The minimum atomic E-state index is -0.493. The second-order valence-corrected chi connectivity index (χ2v) is 19.2. The highest BCUT2D eigenvalue weighted by atomic mass is 16.3. The summed E-state index contributed by atoms with van der Waals surface area (Å²) in [5.74, 6) is 0. The third-order valence-electron chi connectivity index (χ3n) is 15.2. The molecular weight excluding hydrogens is 883 g/mol. The SMILES string of the molecule is c1ccc(C2(c3ccccc3)c3ccccc3-c3c(-c4cccc(N(c5ccc(-c6ccc(-c7ccc8ccccc8c7)cc6)cc5)c5ccccc5-c5ccc6oc7ccccc7c6c5)c4)cccc32)cc1. The zero-order valence-corrected chi connectivity index (χ0v) is 40.0. The molecule has 0 aliphatic heterocycles. The van der Waals surface area contributed by atoms with Crippen molar-refractivity contribution >= 4 is 49.8 Å². The molecule has 0 saturated carbocycles. The van der Waals surface area contributed by atoms with Crippen LogP contribution in [0.1, 0.15) is 22.3 Å². The fourth-order valence-corrected chi connectivity index (χ4v) is 11.8. The van der Waals surface area contributed by atoms with Gasteiger partial charge in [-0.25, -0.2) is 0 Å². The molecule has 1 heterocycles. The van der Waals surface area contributed by atoms with Gasteiger partial charge in [-0.1, -0.05) is 231 Å². The summed E-state index contributed by atoms with van der Waals surface area (Å²) in [6.07, 6.45) is 0. The van der Waals surface area contributed by atoms with Gasteiger partial charge in [0.05, 0.1) is 11.1 Å². The zero-order chi connectivity index (χ0) is 48.3. The van der Waals surface area contributed by atoms with Crippen LogP contribution in [-0.4, -0.2) is 0 Å². The summed E-state index contributed by atoms with van der Waals surface area (Å²) in [5, 5.41) is 4.72. The van der Waals surface area contributed by atoms with Gasteiger partial charge in [-0.3, -0.25) is 0 Å². The van der Waals surface area contributed by atoms with Crippen molar-refractivity contribution in [1.82, 2.24) is 0 Å². The van der Waals surface area contributed by atoms with Crippen molar-refractivity contribution in [3.05, 3.63) is 307 Å². The highest BCUT2D eigenvalue weighted by Crippen LogP contribution is 2.58. The number of anilines is 3. The van der Waals surface area contributed by atoms with Crippen molar-refractivity contribution in [3.8, 4) is 55.6 Å². The Morgan fingerprint density at radius 2 is 0.836 bits per heavy atom. The van der Waals surface area contributed by atoms with Crippen molar-refractivity contribution in [3.63, 3.8) is 0 Å². The van der Waals surface area contributed by atoms with Crippen LogP contribution in [0, 0.1) is 0 Å². The number of fused-ring (bicyclic) bond motifs is 7.